The minimum absolute atomic E-state index is 0.0640. The van der Waals surface area contributed by atoms with Crippen LogP contribution in [0.1, 0.15) is 29.2 Å². The highest BCUT2D eigenvalue weighted by atomic mass is 32.2. The number of ether oxygens (including phenoxy) is 1. The molecule has 1 saturated heterocycles. The largest absolute Gasteiger partial charge is 0.495 e. The van der Waals surface area contributed by atoms with E-state index < -0.39 is 16.1 Å². The Labute approximate surface area is 171 Å². The van der Waals surface area contributed by atoms with Gasteiger partial charge in [0.2, 0.25) is 15.9 Å². The second-order valence-electron chi connectivity index (χ2n) is 6.95. The maximum absolute atomic E-state index is 12.5. The summed E-state index contributed by atoms with van der Waals surface area (Å²) in [6.45, 7) is 2.47. The molecule has 1 aliphatic rings. The fraction of sp³-hybridized carbons (Fsp3) is 0.350. The molecule has 0 spiro atoms. The summed E-state index contributed by atoms with van der Waals surface area (Å²) < 4.78 is 32.0. The summed E-state index contributed by atoms with van der Waals surface area (Å²) >= 11 is 0. The number of nitrogens with one attached hydrogen (secondary N) is 4. The molecule has 1 fully saturated rings. The molecule has 3 rings (SSSR count). The molecule has 2 atom stereocenters. The molecule has 0 aliphatic carbocycles. The Morgan fingerprint density at radius 1 is 1.17 bits per heavy atom. The van der Waals surface area contributed by atoms with Gasteiger partial charge in [0, 0.05) is 12.6 Å². The van der Waals surface area contributed by atoms with E-state index in [-0.39, 0.29) is 22.6 Å². The van der Waals surface area contributed by atoms with Gasteiger partial charge in [0.05, 0.1) is 7.11 Å². The molecule has 0 radical (unpaired) electrons. The van der Waals surface area contributed by atoms with Gasteiger partial charge >= 0.3 is 0 Å². The van der Waals surface area contributed by atoms with Gasteiger partial charge in [0.15, 0.2) is 0 Å². The second kappa shape index (κ2) is 8.91. The second-order valence-corrected chi connectivity index (χ2v) is 8.81. The van der Waals surface area contributed by atoms with Crippen LogP contribution in [0.25, 0.3) is 0 Å². The van der Waals surface area contributed by atoms with Crippen LogP contribution in [0.15, 0.2) is 47.4 Å². The molecule has 8 nitrogen and oxygen atoms in total. The molecule has 156 valence electrons. The number of benzene rings is 2. The van der Waals surface area contributed by atoms with E-state index in [1.807, 2.05) is 31.2 Å². The molecular formula is C20H26N4O4S. The van der Waals surface area contributed by atoms with Crippen LogP contribution in [-0.4, -0.2) is 34.5 Å². The van der Waals surface area contributed by atoms with Crippen molar-refractivity contribution < 1.29 is 17.9 Å². The third-order valence-electron chi connectivity index (χ3n) is 4.96. The minimum atomic E-state index is -3.67. The standard InChI is InChI=1S/C20H26N4O4S/c1-13-4-6-14(7-5-13)12-22-20(25)17-11-16(23-24-17)15-8-9-18(28-3)19(10-15)29(26,27)21-2/h4-10,16-17,21,23-24H,11-12H2,1-3H3,(H,22,25). The highest BCUT2D eigenvalue weighted by molar-refractivity contribution is 7.89. The summed E-state index contributed by atoms with van der Waals surface area (Å²) in [5, 5.41) is 2.93. The molecule has 0 saturated carbocycles. The highest BCUT2D eigenvalue weighted by Gasteiger charge is 2.31. The first-order valence-electron chi connectivity index (χ1n) is 9.30. The quantitative estimate of drug-likeness (QED) is 0.537. The number of hydrazine groups is 1. The number of sulfonamides is 1. The third kappa shape index (κ3) is 4.94. The molecule has 29 heavy (non-hydrogen) atoms. The van der Waals surface area contributed by atoms with Crippen LogP contribution in [0.3, 0.4) is 0 Å². The SMILES string of the molecule is CNS(=O)(=O)c1cc(C2CC(C(=O)NCc3ccc(C)cc3)NN2)ccc1OC. The molecule has 0 aromatic heterocycles. The summed E-state index contributed by atoms with van der Waals surface area (Å²) in [7, 11) is -0.891. The van der Waals surface area contributed by atoms with Gasteiger partial charge in [-0.3, -0.25) is 4.79 Å². The van der Waals surface area contributed by atoms with Crippen molar-refractivity contribution in [2.24, 2.45) is 0 Å². The number of amides is 1. The van der Waals surface area contributed by atoms with E-state index in [2.05, 4.69) is 20.9 Å². The first kappa shape index (κ1) is 21.3. The average molecular weight is 419 g/mol. The van der Waals surface area contributed by atoms with E-state index in [0.29, 0.717) is 13.0 Å². The van der Waals surface area contributed by atoms with Crippen LogP contribution in [0.2, 0.25) is 0 Å². The lowest BCUT2D eigenvalue weighted by Gasteiger charge is -2.14. The minimum Gasteiger partial charge on any atom is -0.495 e. The summed E-state index contributed by atoms with van der Waals surface area (Å²) in [5.41, 5.74) is 9.02. The Hall–Kier alpha value is -2.46. The van der Waals surface area contributed by atoms with E-state index in [1.54, 1.807) is 18.2 Å². The van der Waals surface area contributed by atoms with Crippen molar-refractivity contribution in [3.05, 3.63) is 59.2 Å². The summed E-state index contributed by atoms with van der Waals surface area (Å²) in [5.74, 6) is 0.151. The molecule has 9 heteroatoms. The van der Waals surface area contributed by atoms with E-state index in [0.717, 1.165) is 11.1 Å². The van der Waals surface area contributed by atoms with Crippen LogP contribution < -0.4 is 25.6 Å². The number of aryl methyl sites for hydroxylation is 1. The number of carbonyl (C=O) groups is 1. The van der Waals surface area contributed by atoms with E-state index >= 15 is 0 Å². The number of rotatable bonds is 7. The number of carbonyl (C=O) groups excluding carboxylic acids is 1. The van der Waals surface area contributed by atoms with Gasteiger partial charge in [-0.05, 0) is 43.7 Å². The van der Waals surface area contributed by atoms with Gasteiger partial charge in [0.1, 0.15) is 16.7 Å². The Bertz CT molecular complexity index is 976. The smallest absolute Gasteiger partial charge is 0.244 e. The van der Waals surface area contributed by atoms with Crippen LogP contribution in [-0.2, 0) is 21.4 Å². The average Bonchev–Trinajstić information content (AvgIpc) is 3.23. The Morgan fingerprint density at radius 3 is 2.55 bits per heavy atom. The van der Waals surface area contributed by atoms with Crippen molar-refractivity contribution in [3.8, 4) is 5.75 Å². The number of methoxy groups -OCH3 is 1. The zero-order chi connectivity index (χ0) is 21.0. The van der Waals surface area contributed by atoms with Crippen molar-refractivity contribution in [2.75, 3.05) is 14.2 Å². The van der Waals surface area contributed by atoms with Crippen LogP contribution in [0.5, 0.6) is 5.75 Å². The molecule has 4 N–H and O–H groups in total. The Balaban J connectivity index is 1.66. The van der Waals surface area contributed by atoms with E-state index in [9.17, 15) is 13.2 Å². The molecule has 0 bridgehead atoms. The topological polar surface area (TPSA) is 109 Å². The van der Waals surface area contributed by atoms with Crippen LogP contribution in [0.4, 0.5) is 0 Å². The van der Waals surface area contributed by atoms with Gasteiger partial charge in [-0.25, -0.2) is 24.0 Å². The maximum Gasteiger partial charge on any atom is 0.244 e. The third-order valence-corrected chi connectivity index (χ3v) is 6.39. The zero-order valence-electron chi connectivity index (χ0n) is 16.7. The van der Waals surface area contributed by atoms with Crippen molar-refractivity contribution in [3.63, 3.8) is 0 Å². The van der Waals surface area contributed by atoms with E-state index in [4.69, 9.17) is 4.74 Å². The molecule has 1 amide bonds. The van der Waals surface area contributed by atoms with Crippen molar-refractivity contribution in [2.45, 2.75) is 36.9 Å². The predicted octanol–water partition coefficient (Wildman–Crippen LogP) is 1.14. The van der Waals surface area contributed by atoms with Crippen LogP contribution in [0, 0.1) is 6.92 Å². The number of hydrogen-bond acceptors (Lipinski definition) is 6. The Kier molecular flexibility index (Phi) is 6.53. The van der Waals surface area contributed by atoms with Crippen molar-refractivity contribution >= 4 is 15.9 Å². The van der Waals surface area contributed by atoms with Gasteiger partial charge in [0.25, 0.3) is 0 Å². The zero-order valence-corrected chi connectivity index (χ0v) is 17.5. The summed E-state index contributed by atoms with van der Waals surface area (Å²) in [4.78, 5) is 12.6. The lowest BCUT2D eigenvalue weighted by Crippen LogP contribution is -2.42. The van der Waals surface area contributed by atoms with Gasteiger partial charge in [-0.15, -0.1) is 0 Å². The lowest BCUT2D eigenvalue weighted by atomic mass is 10.0. The fourth-order valence-corrected chi connectivity index (χ4v) is 4.12. The molecule has 2 unspecified atom stereocenters. The first-order valence-corrected chi connectivity index (χ1v) is 10.8. The molecule has 1 aliphatic heterocycles. The van der Waals surface area contributed by atoms with Gasteiger partial charge in [-0.1, -0.05) is 35.9 Å². The van der Waals surface area contributed by atoms with Crippen molar-refractivity contribution in [1.82, 2.24) is 20.9 Å². The first-order chi connectivity index (χ1) is 13.8. The molecule has 2 aromatic rings. The van der Waals surface area contributed by atoms with E-state index in [1.165, 1.54) is 19.7 Å². The molecular weight excluding hydrogens is 392 g/mol. The number of hydrogen-bond donors (Lipinski definition) is 4. The molecule has 2 aromatic carbocycles. The normalized spacial score (nSPS) is 19.1. The highest BCUT2D eigenvalue weighted by Crippen LogP contribution is 2.30. The summed E-state index contributed by atoms with van der Waals surface area (Å²) in [6, 6.07) is 12.3. The van der Waals surface area contributed by atoms with Gasteiger partial charge < -0.3 is 10.1 Å². The lowest BCUT2D eigenvalue weighted by molar-refractivity contribution is -0.123. The predicted molar refractivity (Wildman–Crippen MR) is 110 cm³/mol. The van der Waals surface area contributed by atoms with Crippen LogP contribution >= 0.6 is 0 Å². The molecule has 1 heterocycles. The van der Waals surface area contributed by atoms with Crippen molar-refractivity contribution in [1.29, 1.82) is 0 Å². The maximum atomic E-state index is 12.5. The Morgan fingerprint density at radius 2 is 1.90 bits per heavy atom. The van der Waals surface area contributed by atoms with Gasteiger partial charge in [-0.2, -0.15) is 0 Å². The monoisotopic (exact) mass is 418 g/mol. The summed E-state index contributed by atoms with van der Waals surface area (Å²) in [6.07, 6.45) is 0.491. The fourth-order valence-electron chi connectivity index (χ4n) is 3.20.